The van der Waals surface area contributed by atoms with Crippen molar-refractivity contribution in [3.63, 3.8) is 0 Å². The van der Waals surface area contributed by atoms with E-state index in [4.69, 9.17) is 14.5 Å². The molecule has 32 heavy (non-hydrogen) atoms. The fraction of sp³-hybridized carbons (Fsp3) is 0.310. The first-order valence-corrected chi connectivity index (χ1v) is 11.5. The van der Waals surface area contributed by atoms with Crippen LogP contribution in [0.1, 0.15) is 45.6 Å². The molecular weight excluding hydrogens is 396 g/mol. The summed E-state index contributed by atoms with van der Waals surface area (Å²) >= 11 is 0. The van der Waals surface area contributed by atoms with Crippen molar-refractivity contribution in [1.29, 1.82) is 0 Å². The number of hydrogen-bond donors (Lipinski definition) is 0. The van der Waals surface area contributed by atoms with Gasteiger partial charge in [-0.25, -0.2) is 0 Å². The van der Waals surface area contributed by atoms with Crippen molar-refractivity contribution in [3.05, 3.63) is 96.6 Å². The highest BCUT2D eigenvalue weighted by Crippen LogP contribution is 2.39. The first-order chi connectivity index (χ1) is 15.7. The molecule has 0 amide bonds. The van der Waals surface area contributed by atoms with Gasteiger partial charge in [-0.3, -0.25) is 0 Å². The zero-order chi connectivity index (χ0) is 22.8. The highest BCUT2D eigenvalue weighted by atomic mass is 17.2. The lowest BCUT2D eigenvalue weighted by molar-refractivity contribution is -0.328. The maximum Gasteiger partial charge on any atom is 0.209 e. The Hall–Kier alpha value is -2.88. The smallest absolute Gasteiger partial charge is 0.209 e. The van der Waals surface area contributed by atoms with Crippen LogP contribution in [0.25, 0.3) is 16.7 Å². The Morgan fingerprint density at radius 1 is 1.03 bits per heavy atom. The maximum atomic E-state index is 6.13. The van der Waals surface area contributed by atoms with Crippen molar-refractivity contribution in [2.24, 2.45) is 5.92 Å². The molecule has 3 nitrogen and oxygen atoms in total. The van der Waals surface area contributed by atoms with Gasteiger partial charge in [-0.1, -0.05) is 105 Å². The highest BCUT2D eigenvalue weighted by Gasteiger charge is 2.25. The van der Waals surface area contributed by atoms with Crippen molar-refractivity contribution in [2.45, 2.75) is 46.3 Å². The van der Waals surface area contributed by atoms with Crippen molar-refractivity contribution in [3.8, 4) is 16.9 Å². The second-order valence-electron chi connectivity index (χ2n) is 7.81. The van der Waals surface area contributed by atoms with Crippen LogP contribution in [-0.4, -0.2) is 12.9 Å². The van der Waals surface area contributed by atoms with Crippen LogP contribution in [0.5, 0.6) is 5.75 Å². The molecule has 2 unspecified atom stereocenters. The molecular formula is C29H34O3. The third-order valence-corrected chi connectivity index (χ3v) is 5.70. The van der Waals surface area contributed by atoms with Crippen molar-refractivity contribution in [1.82, 2.24) is 0 Å². The molecule has 1 aliphatic carbocycles. The predicted molar refractivity (Wildman–Crippen MR) is 133 cm³/mol. The molecule has 0 heterocycles. The SMILES string of the molecule is C=CC=C(CC)C(C)C(OCC)OOc1c(C2=CCCC=C2)cccc1-c1ccccc1. The number of ether oxygens (including phenoxy) is 1. The second-order valence-corrected chi connectivity index (χ2v) is 7.81. The third-order valence-electron chi connectivity index (χ3n) is 5.70. The van der Waals surface area contributed by atoms with Gasteiger partial charge in [0.1, 0.15) is 0 Å². The van der Waals surface area contributed by atoms with E-state index in [-0.39, 0.29) is 5.92 Å². The number of benzene rings is 2. The summed E-state index contributed by atoms with van der Waals surface area (Å²) in [4.78, 5) is 12.1. The number of para-hydroxylation sites is 1. The van der Waals surface area contributed by atoms with Crippen molar-refractivity contribution < 1.29 is 14.5 Å². The van der Waals surface area contributed by atoms with E-state index in [9.17, 15) is 0 Å². The monoisotopic (exact) mass is 430 g/mol. The van der Waals surface area contributed by atoms with E-state index >= 15 is 0 Å². The van der Waals surface area contributed by atoms with E-state index in [0.29, 0.717) is 12.4 Å². The quantitative estimate of drug-likeness (QED) is 0.157. The molecule has 2 aromatic carbocycles. The predicted octanol–water partition coefficient (Wildman–Crippen LogP) is 7.92. The molecule has 0 radical (unpaired) electrons. The van der Waals surface area contributed by atoms with E-state index in [1.165, 1.54) is 5.57 Å². The van der Waals surface area contributed by atoms with Gasteiger partial charge in [0.05, 0.1) is 0 Å². The Morgan fingerprint density at radius 2 is 1.81 bits per heavy atom. The molecule has 0 aliphatic heterocycles. The minimum absolute atomic E-state index is 0.0269. The molecule has 0 saturated heterocycles. The van der Waals surface area contributed by atoms with Crippen LogP contribution in [0.2, 0.25) is 0 Å². The van der Waals surface area contributed by atoms with Crippen LogP contribution in [0.3, 0.4) is 0 Å². The first kappa shape index (κ1) is 23.8. The standard InChI is InChI=1S/C29H34O3/c1-5-15-23(6-2)22(4)29(30-7-3)32-31-28-26(24-16-10-8-11-17-24)20-14-21-27(28)25-18-12-9-13-19-25/h5,8,10-12,14-22,29H,1,6-7,9,13H2,2-4H3. The molecule has 0 saturated carbocycles. The molecule has 2 atom stereocenters. The summed E-state index contributed by atoms with van der Waals surface area (Å²) in [5, 5.41) is 0. The normalized spacial score (nSPS) is 15.7. The van der Waals surface area contributed by atoms with Crippen molar-refractivity contribution in [2.75, 3.05) is 6.61 Å². The molecule has 168 valence electrons. The first-order valence-electron chi connectivity index (χ1n) is 11.5. The topological polar surface area (TPSA) is 27.7 Å². The second kappa shape index (κ2) is 12.2. The van der Waals surface area contributed by atoms with E-state index in [1.807, 2.05) is 37.3 Å². The summed E-state index contributed by atoms with van der Waals surface area (Å²) in [6.45, 7) is 10.6. The van der Waals surface area contributed by atoms with Crippen LogP contribution < -0.4 is 4.89 Å². The van der Waals surface area contributed by atoms with E-state index in [2.05, 4.69) is 69.0 Å². The molecule has 0 spiro atoms. The Bertz CT molecular complexity index is 969. The van der Waals surface area contributed by atoms with Gasteiger partial charge in [0, 0.05) is 23.7 Å². The van der Waals surface area contributed by atoms with Gasteiger partial charge in [-0.2, -0.15) is 4.89 Å². The number of hydrogen-bond acceptors (Lipinski definition) is 3. The van der Waals surface area contributed by atoms with Crippen LogP contribution in [0, 0.1) is 5.92 Å². The average molecular weight is 431 g/mol. The number of allylic oxidation sites excluding steroid dienone is 6. The molecule has 3 heteroatoms. The molecule has 0 aromatic heterocycles. The van der Waals surface area contributed by atoms with Gasteiger partial charge in [-0.05, 0) is 37.3 Å². The fourth-order valence-electron chi connectivity index (χ4n) is 3.95. The van der Waals surface area contributed by atoms with Crippen LogP contribution in [0.4, 0.5) is 0 Å². The van der Waals surface area contributed by atoms with Crippen LogP contribution >= 0.6 is 0 Å². The summed E-state index contributed by atoms with van der Waals surface area (Å²) in [5.41, 5.74) is 5.44. The minimum atomic E-state index is -0.529. The van der Waals surface area contributed by atoms with Gasteiger partial charge in [0.15, 0.2) is 5.75 Å². The molecule has 3 rings (SSSR count). The lowest BCUT2D eigenvalue weighted by Crippen LogP contribution is -2.28. The zero-order valence-electron chi connectivity index (χ0n) is 19.4. The average Bonchev–Trinajstić information content (AvgIpc) is 2.85. The molecule has 0 bridgehead atoms. The Kier molecular flexibility index (Phi) is 9.09. The summed E-state index contributed by atoms with van der Waals surface area (Å²) in [5.74, 6) is 0.734. The van der Waals surface area contributed by atoms with Gasteiger partial charge >= 0.3 is 0 Å². The lowest BCUT2D eigenvalue weighted by Gasteiger charge is -2.26. The Labute approximate surface area is 192 Å². The maximum absolute atomic E-state index is 6.13. The van der Waals surface area contributed by atoms with Crippen LogP contribution in [0.15, 0.2) is 91.1 Å². The molecule has 0 N–H and O–H groups in total. The summed E-state index contributed by atoms with van der Waals surface area (Å²) in [7, 11) is 0. The van der Waals surface area contributed by atoms with Gasteiger partial charge in [0.25, 0.3) is 0 Å². The van der Waals surface area contributed by atoms with Gasteiger partial charge in [0.2, 0.25) is 6.29 Å². The number of rotatable bonds is 11. The molecule has 2 aromatic rings. The summed E-state index contributed by atoms with van der Waals surface area (Å²) < 4.78 is 5.93. The van der Waals surface area contributed by atoms with Crippen molar-refractivity contribution >= 4 is 5.57 Å². The Morgan fingerprint density at radius 3 is 2.47 bits per heavy atom. The minimum Gasteiger partial charge on any atom is -0.349 e. The van der Waals surface area contributed by atoms with Gasteiger partial charge in [-0.15, -0.1) is 0 Å². The van der Waals surface area contributed by atoms with Crippen LogP contribution in [-0.2, 0) is 9.62 Å². The lowest BCUT2D eigenvalue weighted by atomic mass is 9.94. The third kappa shape index (κ3) is 5.87. The zero-order valence-corrected chi connectivity index (χ0v) is 19.4. The van der Waals surface area contributed by atoms with Gasteiger partial charge < -0.3 is 9.62 Å². The van der Waals surface area contributed by atoms with E-state index < -0.39 is 6.29 Å². The molecule has 1 aliphatic rings. The summed E-state index contributed by atoms with van der Waals surface area (Å²) in [6.07, 6.45) is 12.9. The fourth-order valence-corrected chi connectivity index (χ4v) is 3.95. The summed E-state index contributed by atoms with van der Waals surface area (Å²) in [6, 6.07) is 16.5. The largest absolute Gasteiger partial charge is 0.349 e. The van der Waals surface area contributed by atoms with E-state index in [0.717, 1.165) is 41.5 Å². The van der Waals surface area contributed by atoms with E-state index in [1.54, 1.807) is 0 Å². The highest BCUT2D eigenvalue weighted by molar-refractivity contribution is 5.84. The molecule has 0 fully saturated rings. The Balaban J connectivity index is 1.97.